The summed E-state index contributed by atoms with van der Waals surface area (Å²) in [6.45, 7) is 12.6. The molecule has 0 radical (unpaired) electrons. The van der Waals surface area contributed by atoms with Gasteiger partial charge in [0.15, 0.2) is 35.5 Å². The molecule has 2 unspecified atom stereocenters. The van der Waals surface area contributed by atoms with Crippen LogP contribution in [-0.4, -0.2) is 152 Å². The molecule has 428 valence electrons. The highest BCUT2D eigenvalue weighted by Gasteiger charge is 2.59. The second kappa shape index (κ2) is 23.3. The standard InChI is InChI=1S/C57H69N7O16/c1-8-19-78-53(71)60-46(32(3)4)48(66)58-33(5)47(65)59-35-13-11-34(12-14-35)29-80-55(73)64-39-26-45(43(75-7)24-37(39)50(68)62-31-57(17-18-57)28-41(62)52(64)70)77-22-10-21-76-44-25-38-36(23-42(44)74-6)49(67)61-30-56(15-16-56)27-40(61)51(69)63(38)54(72)79-20-9-2/h8-9,11-14,23-26,32-33,40-41,46,51-52,69-70H,1-2,10,15-22,27-31H2,3-7H3,(H,58,66)(H,59,65)(H,60,71)/t33-,40-,41-,46-,51?,52?/m0/s1. The zero-order valence-electron chi connectivity index (χ0n) is 45.5. The summed E-state index contributed by atoms with van der Waals surface area (Å²) in [7, 11) is 2.84. The molecular formula is C57H69N7O16. The molecule has 5 N–H and O–H groups in total. The fourth-order valence-electron chi connectivity index (χ4n) is 11.0. The third kappa shape index (κ3) is 11.7. The smallest absolute Gasteiger partial charge is 0.416 e. The summed E-state index contributed by atoms with van der Waals surface area (Å²) < 4.78 is 40.0. The van der Waals surface area contributed by atoms with Crippen LogP contribution in [0.5, 0.6) is 23.0 Å². The van der Waals surface area contributed by atoms with Crippen molar-refractivity contribution in [1.82, 2.24) is 20.4 Å². The fraction of sp³-hybridized carbons (Fsp3) is 0.491. The van der Waals surface area contributed by atoms with Crippen molar-refractivity contribution in [2.75, 3.05) is 68.9 Å². The van der Waals surface area contributed by atoms with Gasteiger partial charge >= 0.3 is 18.3 Å². The number of nitrogens with zero attached hydrogens (tertiary/aromatic N) is 4. The molecule has 2 saturated heterocycles. The molecule has 4 fully saturated rings. The van der Waals surface area contributed by atoms with E-state index in [-0.39, 0.29) is 108 Å². The summed E-state index contributed by atoms with van der Waals surface area (Å²) in [5.74, 6) is -1.44. The average Bonchev–Trinajstić information content (AvgIpc) is 4.40. The van der Waals surface area contributed by atoms with Gasteiger partial charge in [0.1, 0.15) is 31.9 Å². The molecule has 2 spiro atoms. The number of rotatable bonds is 20. The van der Waals surface area contributed by atoms with Gasteiger partial charge in [0.25, 0.3) is 11.8 Å². The zero-order valence-corrected chi connectivity index (χ0v) is 45.5. The number of amides is 7. The van der Waals surface area contributed by atoms with Crippen molar-refractivity contribution in [3.63, 3.8) is 0 Å². The normalized spacial score (nSPS) is 21.4. The summed E-state index contributed by atoms with van der Waals surface area (Å²) in [6, 6.07) is 8.99. The van der Waals surface area contributed by atoms with E-state index in [9.17, 15) is 43.8 Å². The van der Waals surface area contributed by atoms with Crippen molar-refractivity contribution in [2.45, 2.75) is 109 Å². The van der Waals surface area contributed by atoms with Gasteiger partial charge < -0.3 is 69.1 Å². The lowest BCUT2D eigenvalue weighted by molar-refractivity contribution is -0.128. The first-order chi connectivity index (χ1) is 38.3. The van der Waals surface area contributed by atoms with Gasteiger partial charge in [0.2, 0.25) is 11.8 Å². The highest BCUT2D eigenvalue weighted by Crippen LogP contribution is 2.58. The van der Waals surface area contributed by atoms with E-state index >= 15 is 0 Å². The average molecular weight is 1110 g/mol. The molecule has 2 aliphatic carbocycles. The molecule has 0 aromatic heterocycles. The van der Waals surface area contributed by atoms with E-state index in [0.717, 1.165) is 35.5 Å². The lowest BCUT2D eigenvalue weighted by Gasteiger charge is -2.31. The van der Waals surface area contributed by atoms with Crippen LogP contribution in [0.1, 0.15) is 92.0 Å². The highest BCUT2D eigenvalue weighted by atomic mass is 16.6. The Bertz CT molecular complexity index is 2920. The Morgan fingerprint density at radius 3 is 1.62 bits per heavy atom. The van der Waals surface area contributed by atoms with Crippen molar-refractivity contribution in [1.29, 1.82) is 0 Å². The van der Waals surface area contributed by atoms with Crippen LogP contribution in [0.4, 0.5) is 31.4 Å². The maximum absolute atomic E-state index is 14.4. The highest BCUT2D eigenvalue weighted by molar-refractivity contribution is 6.07. The number of ether oxygens (including phenoxy) is 7. The number of anilines is 3. The van der Waals surface area contributed by atoms with Gasteiger partial charge in [-0.15, -0.1) is 0 Å². The minimum atomic E-state index is -1.50. The van der Waals surface area contributed by atoms with Crippen LogP contribution in [0, 0.1) is 16.7 Å². The van der Waals surface area contributed by atoms with Crippen LogP contribution in [0.15, 0.2) is 73.8 Å². The maximum atomic E-state index is 14.4. The number of nitrogens with one attached hydrogen (secondary N) is 3. The Morgan fingerprint density at radius 1 is 0.675 bits per heavy atom. The summed E-state index contributed by atoms with van der Waals surface area (Å²) in [6.07, 6.45) is 2.21. The topological polar surface area (TPSA) is 274 Å². The summed E-state index contributed by atoms with van der Waals surface area (Å²) in [4.78, 5) is 100. The number of aliphatic hydroxyl groups excluding tert-OH is 2. The Kier molecular flexibility index (Phi) is 16.5. The van der Waals surface area contributed by atoms with Crippen molar-refractivity contribution in [3.8, 4) is 23.0 Å². The van der Waals surface area contributed by atoms with Crippen molar-refractivity contribution in [3.05, 3.63) is 90.5 Å². The lowest BCUT2D eigenvalue weighted by atomic mass is 10.0. The van der Waals surface area contributed by atoms with Gasteiger partial charge in [-0.25, -0.2) is 24.2 Å². The molecular weight excluding hydrogens is 1040 g/mol. The van der Waals surface area contributed by atoms with Crippen LogP contribution in [-0.2, 0) is 30.4 Å². The number of aliphatic hydroxyl groups is 2. The number of alkyl carbamates (subject to hydrolysis) is 1. The Morgan fingerprint density at radius 2 is 1.16 bits per heavy atom. The molecule has 3 aromatic carbocycles. The molecule has 6 atom stereocenters. The van der Waals surface area contributed by atoms with Crippen LogP contribution in [0.2, 0.25) is 0 Å². The molecule has 23 nitrogen and oxygen atoms in total. The van der Waals surface area contributed by atoms with E-state index in [1.165, 1.54) is 57.6 Å². The van der Waals surface area contributed by atoms with Crippen molar-refractivity contribution >= 4 is 59.0 Å². The van der Waals surface area contributed by atoms with Crippen molar-refractivity contribution < 1.29 is 76.9 Å². The van der Waals surface area contributed by atoms with Gasteiger partial charge in [-0.1, -0.05) is 51.3 Å². The first kappa shape index (κ1) is 56.7. The number of fused-ring (bicyclic) bond motifs is 4. The Hall–Kier alpha value is -8.05. The number of carbonyl (C=O) groups is 7. The summed E-state index contributed by atoms with van der Waals surface area (Å²) in [5, 5.41) is 31.7. The van der Waals surface area contributed by atoms with E-state index in [0.29, 0.717) is 37.2 Å². The van der Waals surface area contributed by atoms with Gasteiger partial charge in [0.05, 0.1) is 62.0 Å². The second-order valence-corrected chi connectivity index (χ2v) is 21.7. The molecule has 3 aromatic rings. The van der Waals surface area contributed by atoms with E-state index in [4.69, 9.17) is 33.2 Å². The SMILES string of the molecule is C=CCOC(=O)N[C@H](C(=O)N[C@@H](C)C(=O)Nc1ccc(COC(=O)N2c3cc(OCCCOc4cc5c(cc4OC)C(=O)N4CC6(CC6)C[C@H]4C(O)N5C(=O)OCC=C)c(OC)cc3C(=O)N3CC4(CC4)C[C@H]3C2O)cc1)C(C)C. The first-order valence-electron chi connectivity index (χ1n) is 26.8. The molecule has 0 bridgehead atoms. The predicted octanol–water partition coefficient (Wildman–Crippen LogP) is 5.86. The molecule has 23 heteroatoms. The van der Waals surface area contributed by atoms with Crippen molar-refractivity contribution in [2.24, 2.45) is 16.7 Å². The number of hydrogen-bond donors (Lipinski definition) is 5. The summed E-state index contributed by atoms with van der Waals surface area (Å²) in [5.41, 5.74) is 1.05. The Labute approximate surface area is 463 Å². The quantitative estimate of drug-likeness (QED) is 0.0504. The number of carbonyl (C=O) groups excluding carboxylic acids is 7. The fourth-order valence-corrected chi connectivity index (χ4v) is 11.0. The van der Waals surface area contributed by atoms with Crippen LogP contribution >= 0.6 is 0 Å². The lowest BCUT2D eigenvalue weighted by Crippen LogP contribution is -2.53. The summed E-state index contributed by atoms with van der Waals surface area (Å²) >= 11 is 0. The molecule has 9 rings (SSSR count). The Balaban J connectivity index is 0.867. The van der Waals surface area contributed by atoms with Gasteiger partial charge in [-0.2, -0.15) is 0 Å². The van der Waals surface area contributed by atoms with E-state index in [2.05, 4.69) is 29.1 Å². The minimum Gasteiger partial charge on any atom is -0.493 e. The first-order valence-corrected chi connectivity index (χ1v) is 26.8. The van der Waals surface area contributed by atoms with Gasteiger partial charge in [-0.05, 0) is 92.0 Å². The van der Waals surface area contributed by atoms with Crippen LogP contribution < -0.4 is 44.7 Å². The maximum Gasteiger partial charge on any atom is 0.416 e. The monoisotopic (exact) mass is 1110 g/mol. The molecule has 4 aliphatic heterocycles. The van der Waals surface area contributed by atoms with E-state index < -0.39 is 72.6 Å². The third-order valence-electron chi connectivity index (χ3n) is 15.7. The molecule has 7 amide bonds. The number of benzene rings is 3. The molecule has 6 aliphatic rings. The van der Waals surface area contributed by atoms with Crippen LogP contribution in [0.25, 0.3) is 0 Å². The van der Waals surface area contributed by atoms with E-state index in [1.807, 2.05) is 0 Å². The van der Waals surface area contributed by atoms with Crippen LogP contribution in [0.3, 0.4) is 0 Å². The zero-order chi connectivity index (χ0) is 57.2. The largest absolute Gasteiger partial charge is 0.493 e. The molecule has 80 heavy (non-hydrogen) atoms. The molecule has 2 saturated carbocycles. The second-order valence-electron chi connectivity index (χ2n) is 21.7. The van der Waals surface area contributed by atoms with E-state index in [1.54, 1.807) is 47.9 Å². The minimum absolute atomic E-state index is 0.0188. The number of hydrogen-bond acceptors (Lipinski definition) is 16. The number of methoxy groups -OCH3 is 2. The molecule has 4 heterocycles. The van der Waals surface area contributed by atoms with Gasteiger partial charge in [0, 0.05) is 37.3 Å². The van der Waals surface area contributed by atoms with Gasteiger partial charge in [-0.3, -0.25) is 19.2 Å². The third-order valence-corrected chi connectivity index (χ3v) is 15.7. The predicted molar refractivity (Wildman–Crippen MR) is 288 cm³/mol.